The fourth-order valence-electron chi connectivity index (χ4n) is 4.54. The van der Waals surface area contributed by atoms with Gasteiger partial charge in [0, 0.05) is 51.0 Å². The van der Waals surface area contributed by atoms with Gasteiger partial charge in [0.15, 0.2) is 9.84 Å². The smallest absolute Gasteiger partial charge is 0.417 e. The van der Waals surface area contributed by atoms with Crippen molar-refractivity contribution in [1.29, 1.82) is 0 Å². The van der Waals surface area contributed by atoms with Gasteiger partial charge in [0.2, 0.25) is 5.91 Å². The lowest BCUT2D eigenvalue weighted by Crippen LogP contribution is -2.30. The van der Waals surface area contributed by atoms with E-state index in [1.54, 1.807) is 6.07 Å². The van der Waals surface area contributed by atoms with E-state index in [9.17, 15) is 30.8 Å². The van der Waals surface area contributed by atoms with Gasteiger partial charge in [-0.05, 0) is 35.6 Å². The minimum atomic E-state index is -4.58. The Morgan fingerprint density at radius 1 is 1.10 bits per heavy atom. The standard InChI is InChI=1S/C30H33ClF4N2O4S/c1-20(22-9-5-4-6-10-22)18-37(19-23-11-7-12-26(29(23)31)30(33,34)35)13-8-14-41-24-15-27(32)25(17-36-21(2)38)28(16-24)42(3,39)40/h4-7,9-12,15-16,20H,8,13-14,17-19H2,1-3H3,(H,36,38). The minimum absolute atomic E-state index is 0.00428. The molecular formula is C30H33ClF4N2O4S. The third kappa shape index (κ3) is 9.43. The lowest BCUT2D eigenvalue weighted by Gasteiger charge is -2.27. The molecule has 228 valence electrons. The molecule has 0 aliphatic heterocycles. The van der Waals surface area contributed by atoms with E-state index in [1.807, 2.05) is 42.2 Å². The first-order valence-electron chi connectivity index (χ1n) is 13.2. The molecule has 0 radical (unpaired) electrons. The molecule has 0 spiro atoms. The van der Waals surface area contributed by atoms with Gasteiger partial charge in [-0.15, -0.1) is 0 Å². The first-order valence-corrected chi connectivity index (χ1v) is 15.4. The van der Waals surface area contributed by atoms with E-state index in [2.05, 4.69) is 5.32 Å². The van der Waals surface area contributed by atoms with Gasteiger partial charge in [-0.2, -0.15) is 13.2 Å². The molecule has 0 fully saturated rings. The average molecular weight is 629 g/mol. The number of carbonyl (C=O) groups excluding carboxylic acids is 1. The summed E-state index contributed by atoms with van der Waals surface area (Å²) in [4.78, 5) is 12.9. The third-order valence-electron chi connectivity index (χ3n) is 6.61. The summed E-state index contributed by atoms with van der Waals surface area (Å²) in [6.45, 7) is 4.12. The lowest BCUT2D eigenvalue weighted by molar-refractivity contribution is -0.137. The SMILES string of the molecule is CC(=O)NCc1c(F)cc(OCCCN(Cc2cccc(C(F)(F)F)c2Cl)CC(C)c2ccccc2)cc1S(C)(=O)=O. The van der Waals surface area contributed by atoms with Gasteiger partial charge >= 0.3 is 6.18 Å². The highest BCUT2D eigenvalue weighted by Crippen LogP contribution is 2.36. The van der Waals surface area contributed by atoms with Gasteiger partial charge in [-0.3, -0.25) is 9.69 Å². The molecule has 1 atom stereocenters. The van der Waals surface area contributed by atoms with E-state index in [0.29, 0.717) is 25.1 Å². The monoisotopic (exact) mass is 628 g/mol. The summed E-state index contributed by atoms with van der Waals surface area (Å²) in [7, 11) is -3.84. The van der Waals surface area contributed by atoms with Crippen LogP contribution in [0.2, 0.25) is 5.02 Å². The fraction of sp³-hybridized carbons (Fsp3) is 0.367. The van der Waals surface area contributed by atoms with Crippen LogP contribution < -0.4 is 10.1 Å². The maximum atomic E-state index is 14.8. The molecule has 0 bridgehead atoms. The van der Waals surface area contributed by atoms with Crippen molar-refractivity contribution in [3.63, 3.8) is 0 Å². The zero-order chi connectivity index (χ0) is 31.1. The van der Waals surface area contributed by atoms with Crippen LogP contribution in [0.3, 0.4) is 0 Å². The largest absolute Gasteiger partial charge is 0.493 e. The lowest BCUT2D eigenvalue weighted by atomic mass is 10.00. The number of carbonyl (C=O) groups is 1. The molecule has 12 heteroatoms. The Balaban J connectivity index is 1.76. The number of halogens is 5. The van der Waals surface area contributed by atoms with Crippen molar-refractivity contribution in [2.24, 2.45) is 0 Å². The number of benzene rings is 3. The van der Waals surface area contributed by atoms with Crippen molar-refractivity contribution in [3.05, 3.63) is 93.8 Å². The number of hydrogen-bond donors (Lipinski definition) is 1. The topological polar surface area (TPSA) is 75.7 Å². The van der Waals surface area contributed by atoms with E-state index >= 15 is 0 Å². The normalized spacial score (nSPS) is 12.8. The average Bonchev–Trinajstić information content (AvgIpc) is 2.90. The van der Waals surface area contributed by atoms with Gasteiger partial charge in [0.1, 0.15) is 11.6 Å². The molecule has 0 aliphatic rings. The molecule has 42 heavy (non-hydrogen) atoms. The summed E-state index contributed by atoms with van der Waals surface area (Å²) in [5.41, 5.74) is 0.338. The number of sulfone groups is 1. The van der Waals surface area contributed by atoms with E-state index in [-0.39, 0.29) is 46.8 Å². The minimum Gasteiger partial charge on any atom is -0.493 e. The Hall–Kier alpha value is -3.15. The number of hydrogen-bond acceptors (Lipinski definition) is 5. The zero-order valence-corrected chi connectivity index (χ0v) is 25.0. The van der Waals surface area contributed by atoms with Crippen molar-refractivity contribution in [2.45, 2.75) is 50.3 Å². The molecule has 0 saturated heterocycles. The molecule has 6 nitrogen and oxygen atoms in total. The highest BCUT2D eigenvalue weighted by molar-refractivity contribution is 7.90. The number of alkyl halides is 3. The van der Waals surface area contributed by atoms with Crippen molar-refractivity contribution < 1.29 is 35.5 Å². The molecule has 3 aromatic rings. The quantitative estimate of drug-likeness (QED) is 0.170. The zero-order valence-electron chi connectivity index (χ0n) is 23.5. The first kappa shape index (κ1) is 33.4. The van der Waals surface area contributed by atoms with E-state index in [1.165, 1.54) is 19.1 Å². The summed E-state index contributed by atoms with van der Waals surface area (Å²) >= 11 is 6.17. The highest BCUT2D eigenvalue weighted by Gasteiger charge is 2.34. The van der Waals surface area contributed by atoms with Crippen LogP contribution in [0.15, 0.2) is 65.6 Å². The predicted molar refractivity (Wildman–Crippen MR) is 154 cm³/mol. The molecular weight excluding hydrogens is 596 g/mol. The number of nitrogens with one attached hydrogen (secondary N) is 1. The van der Waals surface area contributed by atoms with Crippen LogP contribution in [0.25, 0.3) is 0 Å². The van der Waals surface area contributed by atoms with Gasteiger partial charge in [-0.25, -0.2) is 12.8 Å². The number of amides is 1. The molecule has 0 saturated carbocycles. The summed E-state index contributed by atoms with van der Waals surface area (Å²) in [6, 6.07) is 15.8. The van der Waals surface area contributed by atoms with Crippen molar-refractivity contribution >= 4 is 27.3 Å². The Kier molecular flexibility index (Phi) is 11.4. The molecule has 1 amide bonds. The number of nitrogens with zero attached hydrogens (tertiary/aromatic N) is 1. The van der Waals surface area contributed by atoms with Gasteiger partial charge in [0.25, 0.3) is 0 Å². The van der Waals surface area contributed by atoms with Gasteiger partial charge < -0.3 is 10.1 Å². The summed E-state index contributed by atoms with van der Waals surface area (Å²) in [5.74, 6) is -1.21. The second kappa shape index (κ2) is 14.3. The highest BCUT2D eigenvalue weighted by atomic mass is 35.5. The van der Waals surface area contributed by atoms with Gasteiger partial charge in [0.05, 0.1) is 22.1 Å². The van der Waals surface area contributed by atoms with Crippen LogP contribution in [-0.4, -0.2) is 45.2 Å². The summed E-state index contributed by atoms with van der Waals surface area (Å²) in [6.07, 6.45) is -3.24. The van der Waals surface area contributed by atoms with Crippen molar-refractivity contribution in [1.82, 2.24) is 10.2 Å². The molecule has 3 aromatic carbocycles. The second-order valence-corrected chi connectivity index (χ2v) is 12.5. The Bertz CT molecular complexity index is 1480. The molecule has 0 aliphatic carbocycles. The fourth-order valence-corrected chi connectivity index (χ4v) is 5.78. The van der Waals surface area contributed by atoms with E-state index < -0.39 is 33.3 Å². The van der Waals surface area contributed by atoms with Crippen molar-refractivity contribution in [2.75, 3.05) is 26.0 Å². The van der Waals surface area contributed by atoms with E-state index in [0.717, 1.165) is 24.0 Å². The predicted octanol–water partition coefficient (Wildman–Crippen LogP) is 6.61. The summed E-state index contributed by atoms with van der Waals surface area (Å²) in [5, 5.41) is 2.06. The van der Waals surface area contributed by atoms with Crippen LogP contribution in [0, 0.1) is 5.82 Å². The Morgan fingerprint density at radius 2 is 1.79 bits per heavy atom. The van der Waals surface area contributed by atoms with E-state index in [4.69, 9.17) is 16.3 Å². The molecule has 1 unspecified atom stereocenters. The maximum absolute atomic E-state index is 14.8. The maximum Gasteiger partial charge on any atom is 0.417 e. The Morgan fingerprint density at radius 3 is 2.40 bits per heavy atom. The molecule has 3 rings (SSSR count). The number of rotatable bonds is 13. The van der Waals surface area contributed by atoms with Crippen molar-refractivity contribution in [3.8, 4) is 5.75 Å². The second-order valence-electron chi connectivity index (χ2n) is 10.1. The van der Waals surface area contributed by atoms with Crippen LogP contribution in [0.4, 0.5) is 17.6 Å². The number of ether oxygens (including phenoxy) is 1. The van der Waals surface area contributed by atoms with Crippen LogP contribution in [0.1, 0.15) is 48.4 Å². The first-order chi connectivity index (χ1) is 19.7. The van der Waals surface area contributed by atoms with Crippen LogP contribution in [-0.2, 0) is 33.9 Å². The Labute approximate surface area is 248 Å². The molecule has 0 aromatic heterocycles. The molecule has 0 heterocycles. The third-order valence-corrected chi connectivity index (χ3v) is 8.22. The van der Waals surface area contributed by atoms with Crippen LogP contribution in [0.5, 0.6) is 5.75 Å². The molecule has 1 N–H and O–H groups in total. The summed E-state index contributed by atoms with van der Waals surface area (Å²) < 4.78 is 85.5. The van der Waals surface area contributed by atoms with Crippen LogP contribution >= 0.6 is 11.6 Å². The van der Waals surface area contributed by atoms with Gasteiger partial charge in [-0.1, -0.05) is 61.0 Å².